The minimum Gasteiger partial charge on any atom is -0.462 e. The molecule has 0 saturated heterocycles. The molecular weight excluding hydrogens is 365 g/mol. The molecule has 2 unspecified atom stereocenters. The Labute approximate surface area is 155 Å². The lowest BCUT2D eigenvalue weighted by Gasteiger charge is -2.19. The van der Waals surface area contributed by atoms with E-state index >= 15 is 0 Å². The second-order valence-electron chi connectivity index (χ2n) is 5.74. The van der Waals surface area contributed by atoms with Crippen LogP contribution in [0.4, 0.5) is 0 Å². The highest BCUT2D eigenvalue weighted by molar-refractivity contribution is 7.47. The summed E-state index contributed by atoms with van der Waals surface area (Å²) >= 11 is 0. The SMILES string of the molecule is CCCCCCC(=O)OC(COC(=O)CCC)COP(=O)(O)OCCN. The molecule has 154 valence electrons. The number of ether oxygens (including phenoxy) is 2. The standard InChI is InChI=1S/C16H32NO8P/c1-3-5-6-7-9-16(19)25-14(12-22-15(18)8-4-2)13-24-26(20,21)23-11-10-17/h14H,3-13,17H2,1-2H3,(H,20,21). The van der Waals surface area contributed by atoms with Crippen LogP contribution in [0.25, 0.3) is 0 Å². The second kappa shape index (κ2) is 15.1. The summed E-state index contributed by atoms with van der Waals surface area (Å²) in [6.07, 6.45) is 3.77. The van der Waals surface area contributed by atoms with Crippen LogP contribution >= 0.6 is 7.82 Å². The van der Waals surface area contributed by atoms with E-state index in [1.807, 2.05) is 6.92 Å². The van der Waals surface area contributed by atoms with Gasteiger partial charge in [0.25, 0.3) is 0 Å². The van der Waals surface area contributed by atoms with Gasteiger partial charge in [-0.1, -0.05) is 33.1 Å². The lowest BCUT2D eigenvalue weighted by Crippen LogP contribution is -2.29. The highest BCUT2D eigenvalue weighted by atomic mass is 31.2. The van der Waals surface area contributed by atoms with Gasteiger partial charge in [-0.25, -0.2) is 4.57 Å². The molecule has 0 aliphatic carbocycles. The molecule has 10 heteroatoms. The summed E-state index contributed by atoms with van der Waals surface area (Å²) in [7, 11) is -4.31. The molecule has 0 amide bonds. The number of phosphoric acid groups is 1. The third-order valence-electron chi connectivity index (χ3n) is 3.21. The highest BCUT2D eigenvalue weighted by Crippen LogP contribution is 2.43. The number of esters is 2. The number of unbranched alkanes of at least 4 members (excludes halogenated alkanes) is 3. The van der Waals surface area contributed by atoms with Crippen molar-refractivity contribution in [1.29, 1.82) is 0 Å². The number of carbonyl (C=O) groups is 2. The summed E-state index contributed by atoms with van der Waals surface area (Å²) in [5, 5.41) is 0. The van der Waals surface area contributed by atoms with Crippen LogP contribution < -0.4 is 5.73 Å². The summed E-state index contributed by atoms with van der Waals surface area (Å²) < 4.78 is 31.3. The molecule has 0 aromatic rings. The number of hydrogen-bond donors (Lipinski definition) is 2. The summed E-state index contributed by atoms with van der Waals surface area (Å²) in [5.41, 5.74) is 5.20. The summed E-state index contributed by atoms with van der Waals surface area (Å²) in [4.78, 5) is 32.9. The zero-order valence-corrected chi connectivity index (χ0v) is 16.6. The fourth-order valence-electron chi connectivity index (χ4n) is 1.90. The van der Waals surface area contributed by atoms with E-state index in [9.17, 15) is 19.0 Å². The van der Waals surface area contributed by atoms with E-state index in [-0.39, 0.29) is 32.6 Å². The molecule has 0 aromatic carbocycles. The lowest BCUT2D eigenvalue weighted by atomic mass is 10.1. The van der Waals surface area contributed by atoms with Crippen molar-refractivity contribution in [2.24, 2.45) is 5.73 Å². The molecule has 2 atom stereocenters. The van der Waals surface area contributed by atoms with Crippen LogP contribution in [0.3, 0.4) is 0 Å². The maximum absolute atomic E-state index is 11.9. The van der Waals surface area contributed by atoms with Gasteiger partial charge in [0.15, 0.2) is 6.10 Å². The Kier molecular flexibility index (Phi) is 14.5. The normalized spacial score (nSPS) is 14.5. The van der Waals surface area contributed by atoms with E-state index in [0.29, 0.717) is 12.8 Å². The topological polar surface area (TPSA) is 134 Å². The number of nitrogens with two attached hydrogens (primary N) is 1. The van der Waals surface area contributed by atoms with Crippen LogP contribution in [-0.4, -0.2) is 49.3 Å². The first-order valence-corrected chi connectivity index (χ1v) is 10.5. The zero-order chi connectivity index (χ0) is 19.8. The van der Waals surface area contributed by atoms with Crippen molar-refractivity contribution >= 4 is 19.8 Å². The summed E-state index contributed by atoms with van der Waals surface area (Å²) in [6, 6.07) is 0. The number of carbonyl (C=O) groups excluding carboxylic acids is 2. The molecule has 9 nitrogen and oxygen atoms in total. The predicted octanol–water partition coefficient (Wildman–Crippen LogP) is 2.30. The Morgan fingerprint density at radius 2 is 1.73 bits per heavy atom. The fourth-order valence-corrected chi connectivity index (χ4v) is 2.67. The number of rotatable bonds is 16. The molecule has 0 aromatic heterocycles. The van der Waals surface area contributed by atoms with Crippen molar-refractivity contribution in [1.82, 2.24) is 0 Å². The van der Waals surface area contributed by atoms with Gasteiger partial charge in [0.1, 0.15) is 6.61 Å². The molecule has 0 fully saturated rings. The number of phosphoric ester groups is 1. The van der Waals surface area contributed by atoms with Gasteiger partial charge in [0.2, 0.25) is 0 Å². The first-order valence-electron chi connectivity index (χ1n) is 9.01. The lowest BCUT2D eigenvalue weighted by molar-refractivity contribution is -0.161. The van der Waals surface area contributed by atoms with Gasteiger partial charge in [-0.15, -0.1) is 0 Å². The third-order valence-corrected chi connectivity index (χ3v) is 4.20. The summed E-state index contributed by atoms with van der Waals surface area (Å²) in [5.74, 6) is -0.917. The number of hydrogen-bond acceptors (Lipinski definition) is 8. The van der Waals surface area contributed by atoms with Crippen molar-refractivity contribution < 1.29 is 37.6 Å². The quantitative estimate of drug-likeness (QED) is 0.228. The molecule has 0 bridgehead atoms. The minimum absolute atomic E-state index is 0.0543. The first kappa shape index (κ1) is 25.0. The van der Waals surface area contributed by atoms with Gasteiger partial charge in [0.05, 0.1) is 13.2 Å². The van der Waals surface area contributed by atoms with Crippen LogP contribution in [0.2, 0.25) is 0 Å². The van der Waals surface area contributed by atoms with Crippen LogP contribution in [0, 0.1) is 0 Å². The Hall–Kier alpha value is -0.990. The summed E-state index contributed by atoms with van der Waals surface area (Å²) in [6.45, 7) is 3.11. The van der Waals surface area contributed by atoms with Crippen LogP contribution in [-0.2, 0) is 32.7 Å². The molecular formula is C16H32NO8P. The van der Waals surface area contributed by atoms with Crippen molar-refractivity contribution in [2.45, 2.75) is 64.9 Å². The third kappa shape index (κ3) is 14.2. The molecule has 26 heavy (non-hydrogen) atoms. The van der Waals surface area contributed by atoms with E-state index in [1.54, 1.807) is 0 Å². The van der Waals surface area contributed by atoms with Crippen molar-refractivity contribution in [2.75, 3.05) is 26.4 Å². The molecule has 0 aliphatic rings. The molecule has 0 rings (SSSR count). The minimum atomic E-state index is -4.31. The predicted molar refractivity (Wildman–Crippen MR) is 95.3 cm³/mol. The molecule has 0 aliphatic heterocycles. The second-order valence-corrected chi connectivity index (χ2v) is 7.20. The smallest absolute Gasteiger partial charge is 0.462 e. The Bertz CT molecular complexity index is 446. The Balaban J connectivity index is 4.50. The van der Waals surface area contributed by atoms with Crippen LogP contribution in [0.5, 0.6) is 0 Å². The molecule has 0 heterocycles. The Morgan fingerprint density at radius 1 is 1.00 bits per heavy atom. The maximum atomic E-state index is 11.9. The molecule has 0 radical (unpaired) electrons. The average molecular weight is 397 g/mol. The van der Waals surface area contributed by atoms with Gasteiger partial charge in [-0.2, -0.15) is 0 Å². The van der Waals surface area contributed by atoms with E-state index in [1.165, 1.54) is 0 Å². The first-order chi connectivity index (χ1) is 12.3. The Morgan fingerprint density at radius 3 is 2.35 bits per heavy atom. The largest absolute Gasteiger partial charge is 0.472 e. The van der Waals surface area contributed by atoms with Crippen LogP contribution in [0.1, 0.15) is 58.8 Å². The van der Waals surface area contributed by atoms with E-state index in [0.717, 1.165) is 19.3 Å². The molecule has 0 spiro atoms. The average Bonchev–Trinajstić information content (AvgIpc) is 2.59. The van der Waals surface area contributed by atoms with Gasteiger partial charge >= 0.3 is 19.8 Å². The molecule has 3 N–H and O–H groups in total. The van der Waals surface area contributed by atoms with Crippen molar-refractivity contribution in [3.8, 4) is 0 Å². The van der Waals surface area contributed by atoms with Crippen LogP contribution in [0.15, 0.2) is 0 Å². The monoisotopic (exact) mass is 397 g/mol. The van der Waals surface area contributed by atoms with Gasteiger partial charge in [0, 0.05) is 19.4 Å². The van der Waals surface area contributed by atoms with E-state index < -0.39 is 32.5 Å². The van der Waals surface area contributed by atoms with Gasteiger partial charge in [-0.3, -0.25) is 18.6 Å². The zero-order valence-electron chi connectivity index (χ0n) is 15.7. The van der Waals surface area contributed by atoms with E-state index in [2.05, 4.69) is 11.4 Å². The van der Waals surface area contributed by atoms with Gasteiger partial charge < -0.3 is 20.1 Å². The highest BCUT2D eigenvalue weighted by Gasteiger charge is 2.25. The van der Waals surface area contributed by atoms with Gasteiger partial charge in [-0.05, 0) is 12.8 Å². The van der Waals surface area contributed by atoms with Crippen molar-refractivity contribution in [3.63, 3.8) is 0 Å². The van der Waals surface area contributed by atoms with Crippen molar-refractivity contribution in [3.05, 3.63) is 0 Å². The maximum Gasteiger partial charge on any atom is 0.472 e. The van der Waals surface area contributed by atoms with E-state index in [4.69, 9.17) is 19.7 Å². The fraction of sp³-hybridized carbons (Fsp3) is 0.875. The molecule has 0 saturated carbocycles.